The average Bonchev–Trinajstić information content (AvgIpc) is 2.45. The monoisotopic (exact) mass is 261 g/mol. The molecule has 0 bridgehead atoms. The van der Waals surface area contributed by atoms with E-state index in [1.165, 1.54) is 5.56 Å². The fraction of sp³-hybridized carbons (Fsp3) is 0.438. The first-order valence-corrected chi connectivity index (χ1v) is 6.92. The Morgan fingerprint density at radius 1 is 1.21 bits per heavy atom. The van der Waals surface area contributed by atoms with Crippen LogP contribution in [0.3, 0.4) is 0 Å². The molecule has 0 saturated heterocycles. The number of nitrogens with one attached hydrogen (secondary N) is 1. The fourth-order valence-electron chi connectivity index (χ4n) is 1.72. The minimum atomic E-state index is -0.0661. The summed E-state index contributed by atoms with van der Waals surface area (Å²) in [6.45, 7) is 3.01. The van der Waals surface area contributed by atoms with E-state index in [1.54, 1.807) is 6.08 Å². The van der Waals surface area contributed by atoms with Gasteiger partial charge in [-0.25, -0.2) is 0 Å². The van der Waals surface area contributed by atoms with Crippen molar-refractivity contribution in [1.82, 2.24) is 5.32 Å². The Labute approximate surface area is 115 Å². The summed E-state index contributed by atoms with van der Waals surface area (Å²) in [7, 11) is 0. The number of aryl methyl sites for hydroxylation is 1. The molecule has 0 unspecified atom stereocenters. The second-order valence-corrected chi connectivity index (χ2v) is 4.50. The number of unbranched alkanes of at least 4 members (excludes halogenated alkanes) is 2. The molecule has 0 aliphatic carbocycles. The molecule has 0 atom stereocenters. The van der Waals surface area contributed by atoms with Gasteiger partial charge >= 0.3 is 0 Å². The lowest BCUT2D eigenvalue weighted by Gasteiger charge is -2.01. The Morgan fingerprint density at radius 3 is 2.58 bits per heavy atom. The Morgan fingerprint density at radius 2 is 1.95 bits per heavy atom. The molecule has 1 aromatic carbocycles. The van der Waals surface area contributed by atoms with E-state index in [4.69, 9.17) is 5.11 Å². The highest BCUT2D eigenvalue weighted by Crippen LogP contribution is 2.06. The number of hydrogen-bond donors (Lipinski definition) is 2. The Balaban J connectivity index is 2.28. The van der Waals surface area contributed by atoms with Gasteiger partial charge in [0.1, 0.15) is 0 Å². The van der Waals surface area contributed by atoms with Crippen molar-refractivity contribution >= 4 is 12.0 Å². The van der Waals surface area contributed by atoms with Crippen LogP contribution in [-0.2, 0) is 11.2 Å². The number of hydrogen-bond acceptors (Lipinski definition) is 2. The van der Waals surface area contributed by atoms with Crippen molar-refractivity contribution in [3.8, 4) is 0 Å². The minimum Gasteiger partial charge on any atom is -0.396 e. The van der Waals surface area contributed by atoms with Crippen molar-refractivity contribution < 1.29 is 9.90 Å². The number of benzene rings is 1. The first-order chi connectivity index (χ1) is 9.26. The summed E-state index contributed by atoms with van der Waals surface area (Å²) < 4.78 is 0. The highest BCUT2D eigenvalue weighted by atomic mass is 16.2. The van der Waals surface area contributed by atoms with Gasteiger partial charge in [-0.2, -0.15) is 0 Å². The van der Waals surface area contributed by atoms with Crippen LogP contribution in [0.4, 0.5) is 0 Å². The number of aliphatic hydroxyl groups excluding tert-OH is 1. The zero-order valence-electron chi connectivity index (χ0n) is 11.6. The highest BCUT2D eigenvalue weighted by molar-refractivity contribution is 5.91. The second-order valence-electron chi connectivity index (χ2n) is 4.50. The summed E-state index contributed by atoms with van der Waals surface area (Å²) in [6, 6.07) is 8.19. The molecule has 0 fully saturated rings. The van der Waals surface area contributed by atoms with E-state index in [-0.39, 0.29) is 12.5 Å². The van der Waals surface area contributed by atoms with Crippen LogP contribution >= 0.6 is 0 Å². The van der Waals surface area contributed by atoms with E-state index in [2.05, 4.69) is 24.4 Å². The summed E-state index contributed by atoms with van der Waals surface area (Å²) in [5.41, 5.74) is 2.33. The third-order valence-electron chi connectivity index (χ3n) is 2.95. The molecule has 3 nitrogen and oxygen atoms in total. The van der Waals surface area contributed by atoms with Gasteiger partial charge in [0.05, 0.1) is 0 Å². The lowest BCUT2D eigenvalue weighted by molar-refractivity contribution is -0.116. The molecule has 0 spiro atoms. The van der Waals surface area contributed by atoms with Crippen LogP contribution in [0, 0.1) is 0 Å². The molecule has 1 amide bonds. The third kappa shape index (κ3) is 6.77. The zero-order valence-corrected chi connectivity index (χ0v) is 11.6. The van der Waals surface area contributed by atoms with Gasteiger partial charge in [-0.3, -0.25) is 4.79 Å². The summed E-state index contributed by atoms with van der Waals surface area (Å²) in [5.74, 6) is -0.0661. The molecule has 1 rings (SSSR count). The summed E-state index contributed by atoms with van der Waals surface area (Å²) in [5, 5.41) is 11.5. The lowest BCUT2D eigenvalue weighted by Crippen LogP contribution is -2.22. The Kier molecular flexibility index (Phi) is 7.59. The lowest BCUT2D eigenvalue weighted by atomic mass is 10.1. The van der Waals surface area contributed by atoms with Gasteiger partial charge in [-0.05, 0) is 42.9 Å². The Hall–Kier alpha value is -1.61. The van der Waals surface area contributed by atoms with Gasteiger partial charge in [-0.15, -0.1) is 0 Å². The van der Waals surface area contributed by atoms with Gasteiger partial charge in [-0.1, -0.05) is 31.2 Å². The number of aliphatic hydroxyl groups is 1. The van der Waals surface area contributed by atoms with E-state index in [1.807, 2.05) is 18.2 Å². The van der Waals surface area contributed by atoms with Crippen LogP contribution in [0.2, 0.25) is 0 Å². The van der Waals surface area contributed by atoms with Gasteiger partial charge in [0, 0.05) is 19.2 Å². The number of carbonyl (C=O) groups excluding carboxylic acids is 1. The van der Waals surface area contributed by atoms with Crippen molar-refractivity contribution in [3.63, 3.8) is 0 Å². The predicted molar refractivity (Wildman–Crippen MR) is 78.8 cm³/mol. The maximum atomic E-state index is 11.5. The van der Waals surface area contributed by atoms with E-state index in [0.29, 0.717) is 6.54 Å². The summed E-state index contributed by atoms with van der Waals surface area (Å²) >= 11 is 0. The first kappa shape index (κ1) is 15.4. The quantitative estimate of drug-likeness (QED) is 0.558. The van der Waals surface area contributed by atoms with Crippen molar-refractivity contribution in [3.05, 3.63) is 41.5 Å². The average molecular weight is 261 g/mol. The first-order valence-electron chi connectivity index (χ1n) is 6.92. The number of carbonyl (C=O) groups is 1. The van der Waals surface area contributed by atoms with E-state index in [0.717, 1.165) is 31.2 Å². The van der Waals surface area contributed by atoms with Gasteiger partial charge in [0.2, 0.25) is 5.91 Å². The van der Waals surface area contributed by atoms with Crippen molar-refractivity contribution in [1.29, 1.82) is 0 Å². The number of rotatable bonds is 8. The smallest absolute Gasteiger partial charge is 0.243 e. The van der Waals surface area contributed by atoms with Crippen LogP contribution in [0.15, 0.2) is 30.3 Å². The zero-order chi connectivity index (χ0) is 13.9. The molecule has 0 radical (unpaired) electrons. The van der Waals surface area contributed by atoms with Gasteiger partial charge in [0.25, 0.3) is 0 Å². The molecule has 0 aromatic heterocycles. The molecular formula is C16H23NO2. The van der Waals surface area contributed by atoms with Crippen molar-refractivity contribution in [2.75, 3.05) is 13.2 Å². The normalized spacial score (nSPS) is 10.8. The van der Waals surface area contributed by atoms with Crippen molar-refractivity contribution in [2.24, 2.45) is 0 Å². The van der Waals surface area contributed by atoms with E-state index in [9.17, 15) is 4.79 Å². The van der Waals surface area contributed by atoms with E-state index >= 15 is 0 Å². The molecular weight excluding hydrogens is 238 g/mol. The molecule has 19 heavy (non-hydrogen) atoms. The Bertz CT molecular complexity index is 396. The predicted octanol–water partition coefficient (Wildman–Crippen LogP) is 2.54. The highest BCUT2D eigenvalue weighted by Gasteiger charge is 1.95. The van der Waals surface area contributed by atoms with Crippen LogP contribution in [0.1, 0.15) is 37.3 Å². The van der Waals surface area contributed by atoms with E-state index < -0.39 is 0 Å². The molecule has 0 saturated carbocycles. The minimum absolute atomic E-state index is 0.0661. The molecule has 1 aromatic rings. The largest absolute Gasteiger partial charge is 0.396 e. The van der Waals surface area contributed by atoms with Gasteiger partial charge < -0.3 is 10.4 Å². The third-order valence-corrected chi connectivity index (χ3v) is 2.95. The summed E-state index contributed by atoms with van der Waals surface area (Å²) in [4.78, 5) is 11.5. The molecule has 0 aliphatic rings. The molecule has 0 aliphatic heterocycles. The van der Waals surface area contributed by atoms with Crippen LogP contribution in [-0.4, -0.2) is 24.2 Å². The van der Waals surface area contributed by atoms with Crippen molar-refractivity contribution in [2.45, 2.75) is 32.6 Å². The second kappa shape index (κ2) is 9.34. The maximum absolute atomic E-state index is 11.5. The number of amides is 1. The fourth-order valence-corrected chi connectivity index (χ4v) is 1.72. The SMILES string of the molecule is CCc1ccc(/C=C/C(=O)NCCCCCO)cc1. The topological polar surface area (TPSA) is 49.3 Å². The molecule has 104 valence electrons. The molecule has 3 heteroatoms. The standard InChI is InChI=1S/C16H23NO2/c1-2-14-6-8-15(9-7-14)10-11-16(19)17-12-4-3-5-13-18/h6-11,18H,2-5,12-13H2,1H3,(H,17,19)/b11-10+. The summed E-state index contributed by atoms with van der Waals surface area (Å²) in [6.07, 6.45) is 7.06. The molecule has 2 N–H and O–H groups in total. The van der Waals surface area contributed by atoms with Crippen LogP contribution in [0.25, 0.3) is 6.08 Å². The van der Waals surface area contributed by atoms with Gasteiger partial charge in [0.15, 0.2) is 0 Å². The van der Waals surface area contributed by atoms with Crippen LogP contribution < -0.4 is 5.32 Å². The maximum Gasteiger partial charge on any atom is 0.243 e. The van der Waals surface area contributed by atoms with Crippen LogP contribution in [0.5, 0.6) is 0 Å². The molecule has 0 heterocycles.